The summed E-state index contributed by atoms with van der Waals surface area (Å²) >= 11 is 1.52. The number of carbonyl (C=O) groups excluding carboxylic acids is 2. The zero-order chi connectivity index (χ0) is 17.5. The van der Waals surface area contributed by atoms with Crippen LogP contribution < -0.4 is 5.32 Å². The molecular weight excluding hydrogens is 318 g/mol. The topological polar surface area (TPSA) is 46.2 Å². The molecule has 0 atom stereocenters. The van der Waals surface area contributed by atoms with E-state index >= 15 is 0 Å². The van der Waals surface area contributed by atoms with Crippen LogP contribution in [0.15, 0.2) is 47.4 Å². The Balaban J connectivity index is 2.04. The van der Waals surface area contributed by atoms with Crippen molar-refractivity contribution in [2.75, 3.05) is 11.1 Å². The number of Topliss-reactive ketones (excluding diaryl/α,β-unsaturated/α-hetero) is 1. The van der Waals surface area contributed by atoms with Crippen LogP contribution in [-0.4, -0.2) is 17.4 Å². The summed E-state index contributed by atoms with van der Waals surface area (Å²) in [7, 11) is 0. The lowest BCUT2D eigenvalue weighted by molar-refractivity contribution is -0.114. The Morgan fingerprint density at radius 1 is 1.00 bits per heavy atom. The molecule has 0 aromatic heterocycles. The van der Waals surface area contributed by atoms with Crippen LogP contribution in [0, 0.1) is 0 Å². The molecule has 4 heteroatoms. The van der Waals surface area contributed by atoms with Crippen LogP contribution in [0.3, 0.4) is 0 Å². The average molecular weight is 341 g/mol. The smallest absolute Gasteiger partial charge is 0.221 e. The second-order valence-electron chi connectivity index (χ2n) is 5.62. The number of nitrogens with one attached hydrogen (secondary N) is 1. The highest BCUT2D eigenvalue weighted by Crippen LogP contribution is 2.23. The molecule has 0 aliphatic heterocycles. The summed E-state index contributed by atoms with van der Waals surface area (Å²) in [5, 5.41) is 2.74. The minimum absolute atomic E-state index is 0.0894. The Morgan fingerprint density at radius 2 is 1.71 bits per heavy atom. The Kier molecular flexibility index (Phi) is 6.62. The fourth-order valence-corrected chi connectivity index (χ4v) is 3.26. The number of hydrogen-bond donors (Lipinski definition) is 1. The minimum atomic E-state index is -0.0894. The average Bonchev–Trinajstić information content (AvgIpc) is 2.59. The van der Waals surface area contributed by atoms with Crippen LogP contribution in [0.25, 0.3) is 0 Å². The molecule has 3 nitrogen and oxygen atoms in total. The van der Waals surface area contributed by atoms with E-state index in [1.54, 1.807) is 0 Å². The van der Waals surface area contributed by atoms with Crippen molar-refractivity contribution in [3.63, 3.8) is 0 Å². The second-order valence-corrected chi connectivity index (χ2v) is 6.66. The molecule has 0 unspecified atom stereocenters. The fourth-order valence-electron chi connectivity index (χ4n) is 2.48. The molecule has 0 saturated heterocycles. The van der Waals surface area contributed by atoms with Crippen LogP contribution in [-0.2, 0) is 17.6 Å². The predicted molar refractivity (Wildman–Crippen MR) is 101 cm³/mol. The van der Waals surface area contributed by atoms with Gasteiger partial charge in [-0.1, -0.05) is 26.0 Å². The molecule has 0 bridgehead atoms. The maximum Gasteiger partial charge on any atom is 0.221 e. The zero-order valence-corrected chi connectivity index (χ0v) is 15.2. The highest BCUT2D eigenvalue weighted by molar-refractivity contribution is 8.00. The minimum Gasteiger partial charge on any atom is -0.326 e. The SMILES string of the molecule is CCc1ccc(CC)c(C(=O)CSc2ccc(NC(C)=O)cc2)c1. The molecule has 2 rings (SSSR count). The van der Waals surface area contributed by atoms with Crippen LogP contribution in [0.5, 0.6) is 0 Å². The van der Waals surface area contributed by atoms with Gasteiger partial charge in [0, 0.05) is 23.1 Å². The van der Waals surface area contributed by atoms with Crippen LogP contribution in [0.4, 0.5) is 5.69 Å². The maximum absolute atomic E-state index is 12.6. The molecule has 0 aliphatic carbocycles. The lowest BCUT2D eigenvalue weighted by Crippen LogP contribution is -2.07. The van der Waals surface area contributed by atoms with E-state index in [2.05, 4.69) is 31.3 Å². The number of thioether (sulfide) groups is 1. The number of amides is 1. The fraction of sp³-hybridized carbons (Fsp3) is 0.300. The number of rotatable bonds is 7. The maximum atomic E-state index is 12.6. The van der Waals surface area contributed by atoms with Gasteiger partial charge in [0.15, 0.2) is 5.78 Å². The largest absolute Gasteiger partial charge is 0.326 e. The molecule has 126 valence electrons. The lowest BCUT2D eigenvalue weighted by Gasteiger charge is -2.09. The van der Waals surface area contributed by atoms with Gasteiger partial charge in [-0.15, -0.1) is 11.8 Å². The third-order valence-corrected chi connectivity index (χ3v) is 4.82. The van der Waals surface area contributed by atoms with E-state index in [0.717, 1.165) is 34.6 Å². The summed E-state index contributed by atoms with van der Waals surface area (Å²) in [4.78, 5) is 24.6. The van der Waals surface area contributed by atoms with E-state index in [-0.39, 0.29) is 11.7 Å². The highest BCUT2D eigenvalue weighted by atomic mass is 32.2. The van der Waals surface area contributed by atoms with E-state index < -0.39 is 0 Å². The molecule has 0 heterocycles. The lowest BCUT2D eigenvalue weighted by atomic mass is 9.98. The number of carbonyl (C=O) groups is 2. The third-order valence-electron chi connectivity index (χ3n) is 3.81. The van der Waals surface area contributed by atoms with Gasteiger partial charge in [0.25, 0.3) is 0 Å². The Morgan fingerprint density at radius 3 is 2.29 bits per heavy atom. The first-order valence-corrected chi connectivity index (χ1v) is 9.17. The molecule has 1 N–H and O–H groups in total. The van der Waals surface area contributed by atoms with E-state index in [1.165, 1.54) is 24.2 Å². The summed E-state index contributed by atoms with van der Waals surface area (Å²) in [6.07, 6.45) is 1.79. The molecule has 0 saturated carbocycles. The van der Waals surface area contributed by atoms with Crippen LogP contribution in [0.2, 0.25) is 0 Å². The molecule has 0 fully saturated rings. The van der Waals surface area contributed by atoms with Crippen molar-refractivity contribution in [3.8, 4) is 0 Å². The molecule has 0 radical (unpaired) electrons. The Labute approximate surface area is 147 Å². The monoisotopic (exact) mass is 341 g/mol. The standard InChI is InChI=1S/C20H23NO2S/c1-4-15-6-7-16(5-2)19(12-15)20(23)13-24-18-10-8-17(9-11-18)21-14(3)22/h6-12H,4-5,13H2,1-3H3,(H,21,22). The van der Waals surface area contributed by atoms with E-state index in [0.29, 0.717) is 5.75 Å². The number of ketones is 1. The van der Waals surface area contributed by atoms with Gasteiger partial charge < -0.3 is 5.32 Å². The number of aryl methyl sites for hydroxylation is 2. The highest BCUT2D eigenvalue weighted by Gasteiger charge is 2.12. The molecule has 0 spiro atoms. The Bertz CT molecular complexity index is 723. The van der Waals surface area contributed by atoms with Gasteiger partial charge in [-0.2, -0.15) is 0 Å². The Hall–Kier alpha value is -2.07. The molecule has 0 aliphatic rings. The summed E-state index contributed by atoms with van der Waals surface area (Å²) in [5.74, 6) is 0.492. The quantitative estimate of drug-likeness (QED) is 0.584. The van der Waals surface area contributed by atoms with Gasteiger partial charge in [0.05, 0.1) is 5.75 Å². The molecule has 2 aromatic carbocycles. The van der Waals surface area contributed by atoms with Gasteiger partial charge in [0.2, 0.25) is 5.91 Å². The van der Waals surface area contributed by atoms with Crippen molar-refractivity contribution in [2.45, 2.75) is 38.5 Å². The number of hydrogen-bond acceptors (Lipinski definition) is 3. The third kappa shape index (κ3) is 4.96. The van der Waals surface area contributed by atoms with Crippen molar-refractivity contribution in [3.05, 3.63) is 59.2 Å². The molecule has 2 aromatic rings. The number of benzene rings is 2. The molecular formula is C20H23NO2S. The van der Waals surface area contributed by atoms with Gasteiger partial charge in [-0.3, -0.25) is 9.59 Å². The van der Waals surface area contributed by atoms with Gasteiger partial charge in [-0.05, 0) is 54.3 Å². The molecule has 1 amide bonds. The van der Waals surface area contributed by atoms with E-state index in [1.807, 2.05) is 30.3 Å². The van der Waals surface area contributed by atoms with Crippen LogP contribution in [0.1, 0.15) is 42.3 Å². The second kappa shape index (κ2) is 8.69. The van der Waals surface area contributed by atoms with Crippen molar-refractivity contribution >= 4 is 29.1 Å². The first kappa shape index (κ1) is 18.3. The van der Waals surface area contributed by atoms with Crippen molar-refractivity contribution in [1.82, 2.24) is 0 Å². The first-order valence-electron chi connectivity index (χ1n) is 8.19. The summed E-state index contributed by atoms with van der Waals surface area (Å²) in [5.41, 5.74) is 3.92. The van der Waals surface area contributed by atoms with Gasteiger partial charge in [0.1, 0.15) is 0 Å². The molecule has 24 heavy (non-hydrogen) atoms. The van der Waals surface area contributed by atoms with Crippen molar-refractivity contribution in [1.29, 1.82) is 0 Å². The normalized spacial score (nSPS) is 10.5. The number of anilines is 1. The van der Waals surface area contributed by atoms with E-state index in [4.69, 9.17) is 0 Å². The van der Waals surface area contributed by atoms with Gasteiger partial charge in [-0.25, -0.2) is 0 Å². The van der Waals surface area contributed by atoms with Crippen LogP contribution >= 0.6 is 11.8 Å². The summed E-state index contributed by atoms with van der Waals surface area (Å²) < 4.78 is 0. The van der Waals surface area contributed by atoms with Gasteiger partial charge >= 0.3 is 0 Å². The van der Waals surface area contributed by atoms with Crippen molar-refractivity contribution < 1.29 is 9.59 Å². The van der Waals surface area contributed by atoms with Crippen molar-refractivity contribution in [2.24, 2.45) is 0 Å². The van der Waals surface area contributed by atoms with E-state index in [9.17, 15) is 9.59 Å². The first-order chi connectivity index (χ1) is 11.5. The zero-order valence-electron chi connectivity index (χ0n) is 14.4. The summed E-state index contributed by atoms with van der Waals surface area (Å²) in [6.45, 7) is 5.66. The predicted octanol–water partition coefficient (Wildman–Crippen LogP) is 4.74. The summed E-state index contributed by atoms with van der Waals surface area (Å²) in [6, 6.07) is 13.7.